The van der Waals surface area contributed by atoms with Crippen molar-refractivity contribution < 1.29 is 14.6 Å². The summed E-state index contributed by atoms with van der Waals surface area (Å²) in [5, 5.41) is 8.64. The molecule has 104 valence electrons. The second-order valence-corrected chi connectivity index (χ2v) is 4.86. The van der Waals surface area contributed by atoms with Gasteiger partial charge in [-0.25, -0.2) is 9.78 Å². The lowest BCUT2D eigenvalue weighted by atomic mass is 10.2. The summed E-state index contributed by atoms with van der Waals surface area (Å²) in [6.45, 7) is 1.22. The van der Waals surface area contributed by atoms with E-state index in [1.165, 1.54) is 6.08 Å². The van der Waals surface area contributed by atoms with Crippen LogP contribution in [-0.2, 0) is 11.3 Å². The molecule has 2 aromatic rings. The SMILES string of the molecule is O=C(O)/C=C/c1cc(OCCn2ccnc2)ccc1Br. The number of carboxylic acids is 1. The Bertz CT molecular complexity index is 609. The molecular weight excluding hydrogens is 324 g/mol. The summed E-state index contributed by atoms with van der Waals surface area (Å²) in [5.41, 5.74) is 0.757. The maximum absolute atomic E-state index is 10.5. The number of ether oxygens (including phenoxy) is 1. The lowest BCUT2D eigenvalue weighted by Crippen LogP contribution is -2.06. The maximum atomic E-state index is 10.5. The summed E-state index contributed by atoms with van der Waals surface area (Å²) in [7, 11) is 0. The van der Waals surface area contributed by atoms with Crippen molar-refractivity contribution in [3.63, 3.8) is 0 Å². The Morgan fingerprint density at radius 2 is 2.35 bits per heavy atom. The van der Waals surface area contributed by atoms with E-state index < -0.39 is 5.97 Å². The minimum absolute atomic E-state index is 0.514. The summed E-state index contributed by atoms with van der Waals surface area (Å²) >= 11 is 3.37. The Morgan fingerprint density at radius 1 is 1.50 bits per heavy atom. The number of halogens is 1. The van der Waals surface area contributed by atoms with Gasteiger partial charge in [0.05, 0.1) is 12.9 Å². The van der Waals surface area contributed by atoms with Crippen LogP contribution in [-0.4, -0.2) is 27.2 Å². The molecular formula is C14H13BrN2O3. The molecule has 1 heterocycles. The van der Waals surface area contributed by atoms with Gasteiger partial charge in [0.2, 0.25) is 0 Å². The number of carbonyl (C=O) groups is 1. The fraction of sp³-hybridized carbons (Fsp3) is 0.143. The van der Waals surface area contributed by atoms with Crippen LogP contribution in [0, 0.1) is 0 Å². The molecule has 20 heavy (non-hydrogen) atoms. The van der Waals surface area contributed by atoms with E-state index >= 15 is 0 Å². The minimum Gasteiger partial charge on any atom is -0.492 e. The van der Waals surface area contributed by atoms with E-state index in [4.69, 9.17) is 9.84 Å². The zero-order chi connectivity index (χ0) is 14.4. The molecule has 2 rings (SSSR count). The monoisotopic (exact) mass is 336 g/mol. The fourth-order valence-electron chi connectivity index (χ4n) is 1.59. The van der Waals surface area contributed by atoms with Crippen molar-refractivity contribution in [2.24, 2.45) is 0 Å². The second-order valence-electron chi connectivity index (χ2n) is 4.00. The molecule has 1 aromatic heterocycles. The first-order valence-corrected chi connectivity index (χ1v) is 6.73. The molecule has 0 unspecified atom stereocenters. The summed E-state index contributed by atoms with van der Waals surface area (Å²) in [6.07, 6.45) is 7.93. The Balaban J connectivity index is 1.98. The van der Waals surface area contributed by atoms with Crippen LogP contribution in [0.4, 0.5) is 0 Å². The number of rotatable bonds is 6. The highest BCUT2D eigenvalue weighted by atomic mass is 79.9. The fourth-order valence-corrected chi connectivity index (χ4v) is 1.97. The molecule has 1 aromatic carbocycles. The highest BCUT2D eigenvalue weighted by Crippen LogP contribution is 2.23. The summed E-state index contributed by atoms with van der Waals surface area (Å²) in [6, 6.07) is 5.45. The first-order chi connectivity index (χ1) is 9.65. The first kappa shape index (κ1) is 14.3. The highest BCUT2D eigenvalue weighted by Gasteiger charge is 2.01. The number of hydrogen-bond donors (Lipinski definition) is 1. The predicted molar refractivity (Wildman–Crippen MR) is 78.5 cm³/mol. The van der Waals surface area contributed by atoms with Crippen LogP contribution in [0.5, 0.6) is 5.75 Å². The average molecular weight is 337 g/mol. The third-order valence-electron chi connectivity index (χ3n) is 2.55. The summed E-state index contributed by atoms with van der Waals surface area (Å²) in [5.74, 6) is -0.290. The van der Waals surface area contributed by atoms with E-state index in [0.29, 0.717) is 18.9 Å². The molecule has 1 N–H and O–H groups in total. The van der Waals surface area contributed by atoms with E-state index in [9.17, 15) is 4.79 Å². The highest BCUT2D eigenvalue weighted by molar-refractivity contribution is 9.10. The summed E-state index contributed by atoms with van der Waals surface area (Å²) in [4.78, 5) is 14.5. The predicted octanol–water partition coefficient (Wildman–Crippen LogP) is 2.82. The maximum Gasteiger partial charge on any atom is 0.328 e. The quantitative estimate of drug-likeness (QED) is 0.824. The van der Waals surface area contributed by atoms with Gasteiger partial charge in [0.1, 0.15) is 12.4 Å². The second kappa shape index (κ2) is 6.91. The Hall–Kier alpha value is -2.08. The van der Waals surface area contributed by atoms with Crippen LogP contribution in [0.1, 0.15) is 5.56 Å². The van der Waals surface area contributed by atoms with Gasteiger partial charge in [-0.05, 0) is 29.8 Å². The third-order valence-corrected chi connectivity index (χ3v) is 3.27. The number of carboxylic acid groups (broad SMARTS) is 1. The number of aromatic nitrogens is 2. The third kappa shape index (κ3) is 4.24. The molecule has 0 saturated carbocycles. The van der Waals surface area contributed by atoms with Gasteiger partial charge in [0.25, 0.3) is 0 Å². The van der Waals surface area contributed by atoms with Crippen molar-refractivity contribution in [3.05, 3.63) is 53.0 Å². The van der Waals surface area contributed by atoms with Crippen LogP contribution in [0.2, 0.25) is 0 Å². The van der Waals surface area contributed by atoms with Gasteiger partial charge < -0.3 is 14.4 Å². The van der Waals surface area contributed by atoms with E-state index in [2.05, 4.69) is 20.9 Å². The zero-order valence-corrected chi connectivity index (χ0v) is 12.2. The zero-order valence-electron chi connectivity index (χ0n) is 10.6. The number of benzene rings is 1. The van der Waals surface area contributed by atoms with Crippen LogP contribution in [0.15, 0.2) is 47.5 Å². The Labute approximate surface area is 124 Å². The van der Waals surface area contributed by atoms with Gasteiger partial charge in [0.15, 0.2) is 0 Å². The smallest absolute Gasteiger partial charge is 0.328 e. The molecule has 0 radical (unpaired) electrons. The molecule has 0 bridgehead atoms. The van der Waals surface area contributed by atoms with Crippen molar-refractivity contribution in [1.29, 1.82) is 0 Å². The van der Waals surface area contributed by atoms with Crippen molar-refractivity contribution in [1.82, 2.24) is 9.55 Å². The van der Waals surface area contributed by atoms with Crippen molar-refractivity contribution in [2.45, 2.75) is 6.54 Å². The molecule has 0 saturated heterocycles. The minimum atomic E-state index is -0.983. The van der Waals surface area contributed by atoms with E-state index in [1.54, 1.807) is 18.6 Å². The van der Waals surface area contributed by atoms with Gasteiger partial charge in [-0.3, -0.25) is 0 Å². The molecule has 0 aliphatic rings. The molecule has 0 aliphatic carbocycles. The molecule has 0 atom stereocenters. The molecule has 0 spiro atoms. The van der Waals surface area contributed by atoms with Gasteiger partial charge in [-0.2, -0.15) is 0 Å². The molecule has 0 fully saturated rings. The van der Waals surface area contributed by atoms with Crippen LogP contribution < -0.4 is 4.74 Å². The van der Waals surface area contributed by atoms with Crippen LogP contribution in [0.3, 0.4) is 0 Å². The molecule has 0 amide bonds. The topological polar surface area (TPSA) is 64.3 Å². The van der Waals surface area contributed by atoms with Gasteiger partial charge in [-0.1, -0.05) is 15.9 Å². The van der Waals surface area contributed by atoms with Crippen molar-refractivity contribution in [2.75, 3.05) is 6.61 Å². The van der Waals surface area contributed by atoms with Gasteiger partial charge in [0, 0.05) is 22.9 Å². The summed E-state index contributed by atoms with van der Waals surface area (Å²) < 4.78 is 8.37. The first-order valence-electron chi connectivity index (χ1n) is 5.94. The van der Waals surface area contributed by atoms with E-state index in [1.807, 2.05) is 22.9 Å². The van der Waals surface area contributed by atoms with Gasteiger partial charge in [-0.15, -0.1) is 0 Å². The normalized spacial score (nSPS) is 10.8. The van der Waals surface area contributed by atoms with E-state index in [0.717, 1.165) is 16.1 Å². The Kier molecular flexibility index (Phi) is 4.95. The molecule has 0 aliphatic heterocycles. The van der Waals surface area contributed by atoms with E-state index in [-0.39, 0.29) is 0 Å². The molecule has 5 nitrogen and oxygen atoms in total. The number of hydrogen-bond acceptors (Lipinski definition) is 3. The lowest BCUT2D eigenvalue weighted by molar-refractivity contribution is -0.131. The number of aliphatic carboxylic acids is 1. The Morgan fingerprint density at radius 3 is 3.05 bits per heavy atom. The van der Waals surface area contributed by atoms with Gasteiger partial charge >= 0.3 is 5.97 Å². The molecule has 6 heteroatoms. The standard InChI is InChI=1S/C14H13BrN2O3/c15-13-3-2-12(9-11(13)1-4-14(18)19)20-8-7-17-6-5-16-10-17/h1-6,9-10H,7-8H2,(H,18,19)/b4-1+. The van der Waals surface area contributed by atoms with Crippen LogP contribution in [0.25, 0.3) is 6.08 Å². The van der Waals surface area contributed by atoms with Crippen molar-refractivity contribution >= 4 is 28.0 Å². The number of nitrogens with zero attached hydrogens (tertiary/aromatic N) is 2. The number of imidazole rings is 1. The largest absolute Gasteiger partial charge is 0.492 e. The average Bonchev–Trinajstić information content (AvgIpc) is 2.92. The lowest BCUT2D eigenvalue weighted by Gasteiger charge is -2.08. The van der Waals surface area contributed by atoms with Crippen molar-refractivity contribution in [3.8, 4) is 5.75 Å². The van der Waals surface area contributed by atoms with Crippen LogP contribution >= 0.6 is 15.9 Å².